The number of amides is 1. The van der Waals surface area contributed by atoms with E-state index in [-0.39, 0.29) is 30.4 Å². The van der Waals surface area contributed by atoms with Gasteiger partial charge in [-0.1, -0.05) is 5.21 Å². The predicted octanol–water partition coefficient (Wildman–Crippen LogP) is 0.801. The molecule has 1 aliphatic rings. The van der Waals surface area contributed by atoms with Crippen molar-refractivity contribution in [2.45, 2.75) is 25.4 Å². The van der Waals surface area contributed by atoms with Crippen LogP contribution in [0.1, 0.15) is 19.4 Å². The van der Waals surface area contributed by atoms with E-state index in [2.05, 4.69) is 25.9 Å². The molecule has 8 heteroatoms. The highest BCUT2D eigenvalue weighted by molar-refractivity contribution is 5.85. The Hall–Kier alpha value is -1.99. The molecular formula is C14H19ClN6O. The number of carbonyl (C=O) groups is 1. The molecule has 0 radical (unpaired) electrons. The molecule has 2 aromatic rings. The average Bonchev–Trinajstić information content (AvgIpc) is 3.17. The minimum atomic E-state index is -0.152. The standard InChI is InChI=1S/C14H18N6O.ClH/c1-2-16-14(21)12-6-11(8-17-12)20-9-13(18-19-20)10-4-3-5-15-7-10;/h3-5,7,9,11-12,17H,2,6,8H2,1H3,(H,16,21);1H/t11-,12+;/m1./s1. The van der Waals surface area contributed by atoms with Crippen molar-refractivity contribution in [3.63, 3.8) is 0 Å². The lowest BCUT2D eigenvalue weighted by atomic mass is 10.1. The number of halogens is 1. The number of aromatic nitrogens is 4. The zero-order valence-corrected chi connectivity index (χ0v) is 13.1. The predicted molar refractivity (Wildman–Crippen MR) is 84.6 cm³/mol. The summed E-state index contributed by atoms with van der Waals surface area (Å²) in [6.07, 6.45) is 6.12. The molecule has 1 aliphatic heterocycles. The summed E-state index contributed by atoms with van der Waals surface area (Å²) >= 11 is 0. The molecule has 7 nitrogen and oxygen atoms in total. The van der Waals surface area contributed by atoms with Gasteiger partial charge in [-0.25, -0.2) is 4.68 Å². The minimum Gasteiger partial charge on any atom is -0.355 e. The molecule has 0 saturated carbocycles. The van der Waals surface area contributed by atoms with Gasteiger partial charge in [0.2, 0.25) is 5.91 Å². The Kier molecular flexibility index (Phi) is 5.46. The monoisotopic (exact) mass is 322 g/mol. The fourth-order valence-corrected chi connectivity index (χ4v) is 2.52. The summed E-state index contributed by atoms with van der Waals surface area (Å²) < 4.78 is 1.83. The van der Waals surface area contributed by atoms with Crippen LogP contribution in [-0.2, 0) is 4.79 Å². The molecule has 118 valence electrons. The number of hydrogen-bond acceptors (Lipinski definition) is 5. The number of carbonyl (C=O) groups excluding carboxylic acids is 1. The van der Waals surface area contributed by atoms with E-state index in [1.807, 2.05) is 29.9 Å². The molecule has 2 aromatic heterocycles. The largest absolute Gasteiger partial charge is 0.355 e. The number of nitrogens with one attached hydrogen (secondary N) is 2. The fraction of sp³-hybridized carbons (Fsp3) is 0.429. The van der Waals surface area contributed by atoms with Crippen LogP contribution in [0, 0.1) is 0 Å². The highest BCUT2D eigenvalue weighted by Crippen LogP contribution is 2.21. The third-order valence-corrected chi connectivity index (χ3v) is 3.62. The second-order valence-electron chi connectivity index (χ2n) is 5.07. The Balaban J connectivity index is 0.00000176. The molecule has 0 aliphatic carbocycles. The zero-order valence-electron chi connectivity index (χ0n) is 12.3. The summed E-state index contributed by atoms with van der Waals surface area (Å²) in [6, 6.07) is 3.82. The molecule has 2 N–H and O–H groups in total. The molecule has 2 atom stereocenters. The van der Waals surface area contributed by atoms with Crippen molar-refractivity contribution in [3.05, 3.63) is 30.7 Å². The van der Waals surface area contributed by atoms with E-state index in [9.17, 15) is 4.79 Å². The van der Waals surface area contributed by atoms with Gasteiger partial charge in [0.1, 0.15) is 5.69 Å². The molecule has 0 unspecified atom stereocenters. The molecule has 0 aromatic carbocycles. The molecule has 3 rings (SSSR count). The van der Waals surface area contributed by atoms with Gasteiger partial charge in [-0.05, 0) is 25.5 Å². The van der Waals surface area contributed by atoms with E-state index < -0.39 is 0 Å². The van der Waals surface area contributed by atoms with Crippen molar-refractivity contribution in [1.29, 1.82) is 0 Å². The smallest absolute Gasteiger partial charge is 0.237 e. The lowest BCUT2D eigenvalue weighted by Gasteiger charge is -2.10. The molecule has 0 bridgehead atoms. The van der Waals surface area contributed by atoms with Gasteiger partial charge in [-0.15, -0.1) is 17.5 Å². The van der Waals surface area contributed by atoms with Crippen LogP contribution in [0.4, 0.5) is 0 Å². The molecule has 1 saturated heterocycles. The van der Waals surface area contributed by atoms with Crippen LogP contribution in [0.5, 0.6) is 0 Å². The third-order valence-electron chi connectivity index (χ3n) is 3.62. The van der Waals surface area contributed by atoms with Crippen LogP contribution in [0.25, 0.3) is 11.3 Å². The van der Waals surface area contributed by atoms with E-state index in [0.717, 1.165) is 24.2 Å². The van der Waals surface area contributed by atoms with E-state index in [0.29, 0.717) is 6.54 Å². The van der Waals surface area contributed by atoms with Gasteiger partial charge < -0.3 is 10.6 Å². The van der Waals surface area contributed by atoms with Crippen molar-refractivity contribution in [2.75, 3.05) is 13.1 Å². The summed E-state index contributed by atoms with van der Waals surface area (Å²) in [6.45, 7) is 3.29. The maximum absolute atomic E-state index is 11.8. The van der Waals surface area contributed by atoms with Crippen LogP contribution < -0.4 is 10.6 Å². The highest BCUT2D eigenvalue weighted by Gasteiger charge is 2.30. The van der Waals surface area contributed by atoms with Crippen LogP contribution in [0.15, 0.2) is 30.7 Å². The molecule has 1 fully saturated rings. The van der Waals surface area contributed by atoms with Crippen molar-refractivity contribution in [1.82, 2.24) is 30.6 Å². The van der Waals surface area contributed by atoms with Crippen LogP contribution in [0.3, 0.4) is 0 Å². The normalized spacial score (nSPS) is 20.4. The highest BCUT2D eigenvalue weighted by atomic mass is 35.5. The van der Waals surface area contributed by atoms with Crippen molar-refractivity contribution < 1.29 is 4.79 Å². The second kappa shape index (κ2) is 7.33. The number of likely N-dealkylation sites (N-methyl/N-ethyl adjacent to an activating group) is 1. The topological polar surface area (TPSA) is 84.7 Å². The maximum atomic E-state index is 11.8. The SMILES string of the molecule is CCNC(=O)[C@@H]1C[C@@H](n2cc(-c3cccnc3)nn2)CN1.Cl. The molecule has 22 heavy (non-hydrogen) atoms. The molecule has 1 amide bonds. The van der Waals surface area contributed by atoms with Gasteiger partial charge in [0, 0.05) is 31.0 Å². The number of hydrogen-bond donors (Lipinski definition) is 2. The van der Waals surface area contributed by atoms with Gasteiger partial charge in [0.15, 0.2) is 0 Å². The minimum absolute atomic E-state index is 0. The van der Waals surface area contributed by atoms with Crippen molar-refractivity contribution in [2.24, 2.45) is 0 Å². The van der Waals surface area contributed by atoms with Crippen LogP contribution in [0.2, 0.25) is 0 Å². The summed E-state index contributed by atoms with van der Waals surface area (Å²) in [5, 5.41) is 14.4. The zero-order chi connectivity index (χ0) is 14.7. The lowest BCUT2D eigenvalue weighted by Crippen LogP contribution is -2.40. The average molecular weight is 323 g/mol. The van der Waals surface area contributed by atoms with Crippen molar-refractivity contribution >= 4 is 18.3 Å². The Morgan fingerprint density at radius 3 is 3.14 bits per heavy atom. The molecule has 3 heterocycles. The van der Waals surface area contributed by atoms with E-state index in [1.54, 1.807) is 12.4 Å². The summed E-state index contributed by atoms with van der Waals surface area (Å²) in [5.74, 6) is 0.0487. The molecule has 0 spiro atoms. The first-order valence-electron chi connectivity index (χ1n) is 7.11. The van der Waals surface area contributed by atoms with Gasteiger partial charge in [-0.2, -0.15) is 0 Å². The first-order chi connectivity index (χ1) is 10.3. The summed E-state index contributed by atoms with van der Waals surface area (Å²) in [7, 11) is 0. The van der Waals surface area contributed by atoms with Crippen LogP contribution >= 0.6 is 12.4 Å². The van der Waals surface area contributed by atoms with Crippen molar-refractivity contribution in [3.8, 4) is 11.3 Å². The Bertz CT molecular complexity index is 617. The Morgan fingerprint density at radius 1 is 1.55 bits per heavy atom. The van der Waals surface area contributed by atoms with Gasteiger partial charge in [-0.3, -0.25) is 9.78 Å². The first kappa shape index (κ1) is 16.4. The van der Waals surface area contributed by atoms with E-state index >= 15 is 0 Å². The van der Waals surface area contributed by atoms with Gasteiger partial charge in [0.05, 0.1) is 18.3 Å². The van der Waals surface area contributed by atoms with Gasteiger partial charge >= 0.3 is 0 Å². The van der Waals surface area contributed by atoms with Gasteiger partial charge in [0.25, 0.3) is 0 Å². The van der Waals surface area contributed by atoms with E-state index in [4.69, 9.17) is 0 Å². The number of pyridine rings is 1. The quantitative estimate of drug-likeness (QED) is 0.870. The Morgan fingerprint density at radius 2 is 2.41 bits per heavy atom. The van der Waals surface area contributed by atoms with Crippen LogP contribution in [-0.4, -0.2) is 45.0 Å². The Labute approximate surface area is 134 Å². The number of rotatable bonds is 4. The second-order valence-corrected chi connectivity index (χ2v) is 5.07. The number of nitrogens with zero attached hydrogens (tertiary/aromatic N) is 4. The maximum Gasteiger partial charge on any atom is 0.237 e. The van der Waals surface area contributed by atoms with E-state index in [1.165, 1.54) is 0 Å². The molecular weight excluding hydrogens is 304 g/mol. The first-order valence-corrected chi connectivity index (χ1v) is 7.11. The fourth-order valence-electron chi connectivity index (χ4n) is 2.52. The third kappa shape index (κ3) is 3.42. The lowest BCUT2D eigenvalue weighted by molar-refractivity contribution is -0.122. The summed E-state index contributed by atoms with van der Waals surface area (Å²) in [4.78, 5) is 15.9. The summed E-state index contributed by atoms with van der Waals surface area (Å²) in [5.41, 5.74) is 1.74.